The van der Waals surface area contributed by atoms with Crippen molar-refractivity contribution >= 4 is 11.5 Å². The Labute approximate surface area is 109 Å². The van der Waals surface area contributed by atoms with E-state index < -0.39 is 0 Å². The standard InChI is InChI=1S/C13H24N4O/c1-9(2)17-12(11(14)10(3)15-17)16-6-7-18-8-13(16,4)5/h9H,6-8,14H2,1-5H3. The largest absolute Gasteiger partial charge is 0.394 e. The van der Waals surface area contributed by atoms with Crippen molar-refractivity contribution in [1.82, 2.24) is 9.78 Å². The summed E-state index contributed by atoms with van der Waals surface area (Å²) in [7, 11) is 0. The SMILES string of the molecule is Cc1nn(C(C)C)c(N2CCOCC2(C)C)c1N. The lowest BCUT2D eigenvalue weighted by Crippen LogP contribution is -2.54. The van der Waals surface area contributed by atoms with Gasteiger partial charge in [0.05, 0.1) is 30.1 Å². The van der Waals surface area contributed by atoms with Crippen LogP contribution in [0.15, 0.2) is 0 Å². The second-order valence-electron chi connectivity index (χ2n) is 5.88. The van der Waals surface area contributed by atoms with Crippen molar-refractivity contribution in [2.24, 2.45) is 0 Å². The van der Waals surface area contributed by atoms with Crippen molar-refractivity contribution in [3.8, 4) is 0 Å². The Morgan fingerprint density at radius 2 is 2.06 bits per heavy atom. The molecule has 0 atom stereocenters. The second kappa shape index (κ2) is 4.46. The predicted molar refractivity (Wildman–Crippen MR) is 74.0 cm³/mol. The summed E-state index contributed by atoms with van der Waals surface area (Å²) in [4.78, 5) is 2.33. The zero-order valence-electron chi connectivity index (χ0n) is 12.0. The quantitative estimate of drug-likeness (QED) is 0.874. The van der Waals surface area contributed by atoms with Crippen molar-refractivity contribution in [2.45, 2.75) is 46.2 Å². The number of hydrogen-bond acceptors (Lipinski definition) is 4. The third-order valence-electron chi connectivity index (χ3n) is 3.50. The van der Waals surface area contributed by atoms with Gasteiger partial charge < -0.3 is 15.4 Å². The monoisotopic (exact) mass is 252 g/mol. The van der Waals surface area contributed by atoms with Crippen LogP contribution in [0, 0.1) is 6.92 Å². The van der Waals surface area contributed by atoms with Gasteiger partial charge in [0.25, 0.3) is 0 Å². The average Bonchev–Trinajstić information content (AvgIpc) is 2.56. The molecule has 2 heterocycles. The third-order valence-corrected chi connectivity index (χ3v) is 3.50. The van der Waals surface area contributed by atoms with Crippen molar-refractivity contribution in [2.75, 3.05) is 30.4 Å². The summed E-state index contributed by atoms with van der Waals surface area (Å²) in [6, 6.07) is 0.301. The first kappa shape index (κ1) is 13.2. The first-order valence-corrected chi connectivity index (χ1v) is 6.54. The fraction of sp³-hybridized carbons (Fsp3) is 0.769. The van der Waals surface area contributed by atoms with Crippen molar-refractivity contribution in [1.29, 1.82) is 0 Å². The maximum Gasteiger partial charge on any atom is 0.151 e. The van der Waals surface area contributed by atoms with Crippen LogP contribution in [0.25, 0.3) is 0 Å². The van der Waals surface area contributed by atoms with E-state index in [1.807, 2.05) is 11.6 Å². The number of rotatable bonds is 2. The number of hydrogen-bond donors (Lipinski definition) is 1. The molecule has 5 nitrogen and oxygen atoms in total. The Hall–Kier alpha value is -1.23. The van der Waals surface area contributed by atoms with E-state index >= 15 is 0 Å². The van der Waals surface area contributed by atoms with Gasteiger partial charge in [-0.15, -0.1) is 0 Å². The van der Waals surface area contributed by atoms with Crippen LogP contribution in [0.4, 0.5) is 11.5 Å². The molecule has 1 saturated heterocycles. The van der Waals surface area contributed by atoms with Gasteiger partial charge in [-0.05, 0) is 34.6 Å². The number of ether oxygens (including phenoxy) is 1. The number of aryl methyl sites for hydroxylation is 1. The maximum atomic E-state index is 6.23. The smallest absolute Gasteiger partial charge is 0.151 e. The minimum atomic E-state index is -0.0501. The van der Waals surface area contributed by atoms with E-state index in [1.54, 1.807) is 0 Å². The molecule has 102 valence electrons. The highest BCUT2D eigenvalue weighted by molar-refractivity contribution is 5.67. The Balaban J connectivity index is 2.49. The number of nitrogens with zero attached hydrogens (tertiary/aromatic N) is 3. The van der Waals surface area contributed by atoms with E-state index in [-0.39, 0.29) is 5.54 Å². The summed E-state index contributed by atoms with van der Waals surface area (Å²) in [6.45, 7) is 12.9. The lowest BCUT2D eigenvalue weighted by Gasteiger charge is -2.44. The summed E-state index contributed by atoms with van der Waals surface area (Å²) in [5.74, 6) is 1.04. The summed E-state index contributed by atoms with van der Waals surface area (Å²) in [5.41, 5.74) is 7.87. The molecular weight excluding hydrogens is 228 g/mol. The summed E-state index contributed by atoms with van der Waals surface area (Å²) in [6.07, 6.45) is 0. The lowest BCUT2D eigenvalue weighted by molar-refractivity contribution is 0.0633. The molecule has 1 aliphatic rings. The molecule has 2 rings (SSSR count). The topological polar surface area (TPSA) is 56.3 Å². The van der Waals surface area contributed by atoms with Gasteiger partial charge in [-0.1, -0.05) is 0 Å². The molecule has 0 spiro atoms. The maximum absolute atomic E-state index is 6.23. The van der Waals surface area contributed by atoms with Gasteiger partial charge >= 0.3 is 0 Å². The van der Waals surface area contributed by atoms with Crippen LogP contribution in [-0.4, -0.2) is 35.1 Å². The van der Waals surface area contributed by atoms with Gasteiger partial charge in [0.15, 0.2) is 5.82 Å². The van der Waals surface area contributed by atoms with Crippen molar-refractivity contribution in [3.63, 3.8) is 0 Å². The predicted octanol–water partition coefficient (Wildman–Crippen LogP) is 1.97. The second-order valence-corrected chi connectivity index (χ2v) is 5.88. The molecule has 1 aromatic heterocycles. The molecular formula is C13H24N4O. The molecule has 1 aromatic rings. The van der Waals surface area contributed by atoms with E-state index in [0.717, 1.165) is 37.0 Å². The average molecular weight is 252 g/mol. The number of nitrogen functional groups attached to an aromatic ring is 1. The first-order valence-electron chi connectivity index (χ1n) is 6.54. The van der Waals surface area contributed by atoms with Crippen LogP contribution in [0.5, 0.6) is 0 Å². The van der Waals surface area contributed by atoms with Gasteiger partial charge in [0.2, 0.25) is 0 Å². The zero-order chi connectivity index (χ0) is 13.5. The van der Waals surface area contributed by atoms with Crippen molar-refractivity contribution in [3.05, 3.63) is 5.69 Å². The highest BCUT2D eigenvalue weighted by Gasteiger charge is 2.34. The van der Waals surface area contributed by atoms with Crippen LogP contribution in [-0.2, 0) is 4.74 Å². The number of aromatic nitrogens is 2. The number of anilines is 2. The van der Waals surface area contributed by atoms with E-state index in [9.17, 15) is 0 Å². The summed E-state index contributed by atoms with van der Waals surface area (Å²) in [5, 5.41) is 4.56. The number of nitrogens with two attached hydrogens (primary N) is 1. The molecule has 0 amide bonds. The van der Waals surface area contributed by atoms with Crippen molar-refractivity contribution < 1.29 is 4.74 Å². The van der Waals surface area contributed by atoms with Crippen LogP contribution in [0.3, 0.4) is 0 Å². The van der Waals surface area contributed by atoms with Gasteiger partial charge in [0, 0.05) is 12.6 Å². The molecule has 0 saturated carbocycles. The Kier molecular flexibility index (Phi) is 3.27. The van der Waals surface area contributed by atoms with Gasteiger partial charge in [-0.25, -0.2) is 4.68 Å². The third kappa shape index (κ3) is 2.07. The molecule has 0 radical (unpaired) electrons. The van der Waals surface area contributed by atoms with Crippen LogP contribution < -0.4 is 10.6 Å². The molecule has 5 heteroatoms. The first-order chi connectivity index (χ1) is 8.34. The summed E-state index contributed by atoms with van der Waals surface area (Å²) < 4.78 is 7.60. The molecule has 2 N–H and O–H groups in total. The Morgan fingerprint density at radius 1 is 1.39 bits per heavy atom. The summed E-state index contributed by atoms with van der Waals surface area (Å²) >= 11 is 0. The minimum absolute atomic E-state index is 0.0501. The minimum Gasteiger partial charge on any atom is -0.394 e. The van der Waals surface area contributed by atoms with Crippen LogP contribution in [0.2, 0.25) is 0 Å². The Bertz CT molecular complexity index is 436. The highest BCUT2D eigenvalue weighted by atomic mass is 16.5. The molecule has 0 aliphatic carbocycles. The molecule has 0 aromatic carbocycles. The van der Waals surface area contributed by atoms with Crippen LogP contribution in [0.1, 0.15) is 39.4 Å². The molecule has 18 heavy (non-hydrogen) atoms. The normalized spacial score (nSPS) is 19.6. The van der Waals surface area contributed by atoms with Gasteiger partial charge in [0.1, 0.15) is 0 Å². The van der Waals surface area contributed by atoms with E-state index in [4.69, 9.17) is 10.5 Å². The fourth-order valence-corrected chi connectivity index (χ4v) is 2.43. The van der Waals surface area contributed by atoms with E-state index in [0.29, 0.717) is 6.04 Å². The Morgan fingerprint density at radius 3 is 2.61 bits per heavy atom. The fourth-order valence-electron chi connectivity index (χ4n) is 2.43. The van der Waals surface area contributed by atoms with Crippen LogP contribution >= 0.6 is 0 Å². The molecule has 0 unspecified atom stereocenters. The lowest BCUT2D eigenvalue weighted by atomic mass is 10.0. The van der Waals surface area contributed by atoms with Gasteiger partial charge in [-0.2, -0.15) is 5.10 Å². The van der Waals surface area contributed by atoms with E-state index in [1.165, 1.54) is 0 Å². The molecule has 1 fully saturated rings. The molecule has 1 aliphatic heterocycles. The van der Waals surface area contributed by atoms with E-state index in [2.05, 4.69) is 37.7 Å². The molecule has 0 bridgehead atoms. The highest BCUT2D eigenvalue weighted by Crippen LogP contribution is 2.35. The number of morpholine rings is 1. The van der Waals surface area contributed by atoms with Gasteiger partial charge in [-0.3, -0.25) is 0 Å². The zero-order valence-corrected chi connectivity index (χ0v) is 12.0.